The van der Waals surface area contributed by atoms with Gasteiger partial charge in [0, 0.05) is 40.0 Å². The van der Waals surface area contributed by atoms with Crippen molar-refractivity contribution in [2.45, 2.75) is 18.9 Å². The highest BCUT2D eigenvalue weighted by molar-refractivity contribution is 6.13. The molecule has 0 fully saturated rings. The lowest BCUT2D eigenvalue weighted by molar-refractivity contribution is 0.386. The molecule has 5 heteroatoms. The Morgan fingerprint density at radius 3 is 1.83 bits per heavy atom. The predicted molar refractivity (Wildman–Crippen MR) is 240 cm³/mol. The summed E-state index contributed by atoms with van der Waals surface area (Å²) in [6, 6.07) is 75.6. The largest absolute Gasteiger partial charge is 0.312 e. The van der Waals surface area contributed by atoms with Gasteiger partial charge in [0.1, 0.15) is 0 Å². The van der Waals surface area contributed by atoms with Crippen molar-refractivity contribution in [3.63, 3.8) is 0 Å². The highest BCUT2D eigenvalue weighted by atomic mass is 15.2. The lowest BCUT2D eigenvalue weighted by Crippen LogP contribution is -2.39. The second kappa shape index (κ2) is 15.5. The van der Waals surface area contributed by atoms with E-state index in [-0.39, 0.29) is 12.3 Å². The van der Waals surface area contributed by atoms with E-state index in [4.69, 9.17) is 5.73 Å². The summed E-state index contributed by atoms with van der Waals surface area (Å²) in [5.41, 5.74) is 22.9. The molecule has 0 bridgehead atoms. The van der Waals surface area contributed by atoms with Crippen LogP contribution >= 0.6 is 0 Å². The molecule has 0 saturated carbocycles. The molecule has 4 N–H and O–H groups in total. The van der Waals surface area contributed by atoms with Crippen LogP contribution in [0.1, 0.15) is 29.0 Å². The minimum absolute atomic E-state index is 0.202. The molecule has 280 valence electrons. The van der Waals surface area contributed by atoms with E-state index < -0.39 is 0 Å². The highest BCUT2D eigenvalue weighted by Crippen LogP contribution is 2.54. The normalized spacial score (nSPS) is 12.9. The molecular weight excluding hydrogens is 707 g/mol. The molecule has 1 aromatic heterocycles. The average Bonchev–Trinajstić information content (AvgIpc) is 3.58. The minimum Gasteiger partial charge on any atom is -0.312 e. The van der Waals surface area contributed by atoms with Crippen LogP contribution < -0.4 is 21.3 Å². The van der Waals surface area contributed by atoms with Gasteiger partial charge >= 0.3 is 0 Å². The van der Waals surface area contributed by atoms with Crippen molar-refractivity contribution in [2.24, 2.45) is 5.73 Å². The number of aromatic nitrogens is 1. The number of rotatable bonds is 10. The third-order valence-corrected chi connectivity index (χ3v) is 11.2. The fourth-order valence-electron chi connectivity index (χ4n) is 8.52. The van der Waals surface area contributed by atoms with Crippen molar-refractivity contribution < 1.29 is 0 Å². The van der Waals surface area contributed by atoms with Gasteiger partial charge in [-0.3, -0.25) is 10.6 Å². The second-order valence-electron chi connectivity index (χ2n) is 14.8. The Kier molecular flexibility index (Phi) is 9.45. The molecule has 5 nitrogen and oxygen atoms in total. The maximum atomic E-state index is 6.78. The standard InChI is InChI=1S/C53H43N5/c54-52(38-20-6-2-7-21-38)56-53(55-36-37-18-4-1-5-19-37)41-24-16-22-39(34-41)40-23-17-27-43(35-40)57-47-31-13-10-28-44(47)50-45-29-11-14-32-48(45)58(42-25-8-3-9-26-42)51(50)46-30-12-15-33-49(46)57/h1-35,52-53,55-56H,36,54H2. The van der Waals surface area contributed by atoms with Crippen LogP contribution in [-0.2, 0) is 6.54 Å². The first-order valence-corrected chi connectivity index (χ1v) is 19.9. The van der Waals surface area contributed by atoms with Gasteiger partial charge in [0.25, 0.3) is 0 Å². The van der Waals surface area contributed by atoms with E-state index in [9.17, 15) is 0 Å². The highest BCUT2D eigenvalue weighted by Gasteiger charge is 2.31. The first-order chi connectivity index (χ1) is 28.7. The summed E-state index contributed by atoms with van der Waals surface area (Å²) in [4.78, 5) is 2.44. The van der Waals surface area contributed by atoms with Gasteiger partial charge in [-0.1, -0.05) is 164 Å². The van der Waals surface area contributed by atoms with Crippen LogP contribution in [0, 0.1) is 0 Å². The number of hydrogen-bond donors (Lipinski definition) is 3. The summed E-state index contributed by atoms with van der Waals surface area (Å²) >= 11 is 0. The lowest BCUT2D eigenvalue weighted by Gasteiger charge is -2.28. The molecule has 2 unspecified atom stereocenters. The van der Waals surface area contributed by atoms with E-state index in [1.54, 1.807) is 0 Å². The number of nitrogens with zero attached hydrogens (tertiary/aromatic N) is 2. The average molecular weight is 750 g/mol. The van der Waals surface area contributed by atoms with E-state index >= 15 is 0 Å². The molecule has 1 aliphatic rings. The molecule has 0 radical (unpaired) electrons. The zero-order chi connectivity index (χ0) is 38.8. The van der Waals surface area contributed by atoms with Crippen LogP contribution in [0.25, 0.3) is 50.1 Å². The van der Waals surface area contributed by atoms with E-state index in [0.717, 1.165) is 45.0 Å². The topological polar surface area (TPSA) is 58.2 Å². The number of hydrogen-bond acceptors (Lipinski definition) is 4. The molecule has 2 heterocycles. The zero-order valence-corrected chi connectivity index (χ0v) is 32.0. The first-order valence-electron chi connectivity index (χ1n) is 19.9. The third kappa shape index (κ3) is 6.57. The Balaban J connectivity index is 1.08. The monoisotopic (exact) mass is 749 g/mol. The number of nitrogens with two attached hydrogens (primary N) is 1. The lowest BCUT2D eigenvalue weighted by atomic mass is 9.98. The summed E-state index contributed by atoms with van der Waals surface area (Å²) in [6.45, 7) is 0.692. The van der Waals surface area contributed by atoms with Crippen molar-refractivity contribution in [3.05, 3.63) is 229 Å². The predicted octanol–water partition coefficient (Wildman–Crippen LogP) is 12.5. The number of benzene rings is 8. The van der Waals surface area contributed by atoms with Gasteiger partial charge in [-0.05, 0) is 76.3 Å². The summed E-state index contributed by atoms with van der Waals surface area (Å²) in [7, 11) is 0. The van der Waals surface area contributed by atoms with Crippen molar-refractivity contribution in [3.8, 4) is 39.2 Å². The van der Waals surface area contributed by atoms with Crippen molar-refractivity contribution in [1.82, 2.24) is 15.2 Å². The molecular formula is C53H43N5. The van der Waals surface area contributed by atoms with Gasteiger partial charge in [-0.2, -0.15) is 0 Å². The van der Waals surface area contributed by atoms with E-state index in [0.29, 0.717) is 6.54 Å². The maximum Gasteiger partial charge on any atom is 0.0852 e. The molecule has 8 aromatic carbocycles. The van der Waals surface area contributed by atoms with Gasteiger partial charge in [0.2, 0.25) is 0 Å². The van der Waals surface area contributed by atoms with Crippen LogP contribution in [0.15, 0.2) is 212 Å². The maximum absolute atomic E-state index is 6.78. The van der Waals surface area contributed by atoms with Crippen LogP contribution in [-0.4, -0.2) is 4.57 Å². The van der Waals surface area contributed by atoms with Crippen molar-refractivity contribution in [1.29, 1.82) is 0 Å². The molecule has 0 spiro atoms. The van der Waals surface area contributed by atoms with E-state index in [1.807, 2.05) is 24.3 Å². The Morgan fingerprint density at radius 2 is 1.05 bits per heavy atom. The molecule has 0 amide bonds. The van der Waals surface area contributed by atoms with Gasteiger partial charge < -0.3 is 15.2 Å². The Hall–Kier alpha value is -7.02. The van der Waals surface area contributed by atoms with Crippen LogP contribution in [0.4, 0.5) is 17.1 Å². The molecule has 0 aliphatic carbocycles. The number of para-hydroxylation sites is 4. The third-order valence-electron chi connectivity index (χ3n) is 11.2. The van der Waals surface area contributed by atoms with Gasteiger partial charge in [0.15, 0.2) is 0 Å². The molecule has 2 atom stereocenters. The Morgan fingerprint density at radius 1 is 0.483 bits per heavy atom. The number of anilines is 3. The molecule has 58 heavy (non-hydrogen) atoms. The SMILES string of the molecule is NC(NC(NCc1ccccc1)c1cccc(-c2cccc(N3c4ccccc4-c4c(n(-c5ccccc5)c5ccccc45)-c4ccccc43)c2)c1)c1ccccc1. The van der Waals surface area contributed by atoms with Crippen molar-refractivity contribution in [2.75, 3.05) is 4.90 Å². The fraction of sp³-hybridized carbons (Fsp3) is 0.0566. The molecule has 0 saturated heterocycles. The fourth-order valence-corrected chi connectivity index (χ4v) is 8.52. The van der Waals surface area contributed by atoms with Gasteiger partial charge in [-0.25, -0.2) is 0 Å². The summed E-state index contributed by atoms with van der Waals surface area (Å²) in [5, 5.41) is 8.67. The van der Waals surface area contributed by atoms with Crippen LogP contribution in [0.5, 0.6) is 0 Å². The smallest absolute Gasteiger partial charge is 0.0852 e. The second-order valence-corrected chi connectivity index (χ2v) is 14.8. The summed E-state index contributed by atoms with van der Waals surface area (Å²) < 4.78 is 2.44. The van der Waals surface area contributed by atoms with Gasteiger partial charge in [-0.15, -0.1) is 0 Å². The zero-order valence-electron chi connectivity index (χ0n) is 32.0. The number of fused-ring (bicyclic) bond motifs is 7. The Bertz CT molecular complexity index is 2850. The van der Waals surface area contributed by atoms with Crippen LogP contribution in [0.2, 0.25) is 0 Å². The quantitative estimate of drug-likeness (QED) is 0.122. The number of nitrogens with one attached hydrogen (secondary N) is 2. The summed E-state index contributed by atoms with van der Waals surface area (Å²) in [5.74, 6) is 0. The Labute approximate surface area is 339 Å². The van der Waals surface area contributed by atoms with Crippen LogP contribution in [0.3, 0.4) is 0 Å². The minimum atomic E-state index is -0.357. The molecule has 10 rings (SSSR count). The van der Waals surface area contributed by atoms with Gasteiger partial charge in [0.05, 0.1) is 34.9 Å². The van der Waals surface area contributed by atoms with E-state index in [1.165, 1.54) is 38.9 Å². The first kappa shape index (κ1) is 35.4. The molecule has 1 aliphatic heterocycles. The van der Waals surface area contributed by atoms with Crippen molar-refractivity contribution >= 4 is 28.0 Å². The summed E-state index contributed by atoms with van der Waals surface area (Å²) in [6.07, 6.45) is -0.559. The van der Waals surface area contributed by atoms with E-state index in [2.05, 4.69) is 208 Å². The molecule has 9 aromatic rings.